The van der Waals surface area contributed by atoms with E-state index in [9.17, 15) is 14.4 Å². The molecule has 1 aliphatic heterocycles. The van der Waals surface area contributed by atoms with Crippen LogP contribution in [-0.4, -0.2) is 40.9 Å². The van der Waals surface area contributed by atoms with Crippen molar-refractivity contribution in [1.82, 2.24) is 14.8 Å². The van der Waals surface area contributed by atoms with Crippen molar-refractivity contribution in [3.05, 3.63) is 45.4 Å². The average Bonchev–Trinajstić information content (AvgIpc) is 3.12. The Labute approximate surface area is 214 Å². The second kappa shape index (κ2) is 9.50. The highest BCUT2D eigenvalue weighted by Gasteiger charge is 2.62. The molecule has 6 heteroatoms. The van der Waals surface area contributed by atoms with E-state index in [0.29, 0.717) is 47.6 Å². The summed E-state index contributed by atoms with van der Waals surface area (Å²) in [6.45, 7) is 4.98. The molecule has 194 valence electrons. The highest BCUT2D eigenvalue weighted by Crippen LogP contribution is 2.69. The molecule has 0 aromatic carbocycles. The van der Waals surface area contributed by atoms with Crippen LogP contribution >= 0.6 is 0 Å². The van der Waals surface area contributed by atoms with Gasteiger partial charge in [-0.3, -0.25) is 14.4 Å². The minimum Gasteiger partial charge on any atom is -0.352 e. The molecule has 2 heterocycles. The molecule has 6 rings (SSSR count). The van der Waals surface area contributed by atoms with Crippen LogP contribution in [0.4, 0.5) is 0 Å². The van der Waals surface area contributed by atoms with Gasteiger partial charge < -0.3 is 14.8 Å². The maximum Gasteiger partial charge on any atom is 0.257 e. The Morgan fingerprint density at radius 3 is 2.61 bits per heavy atom. The summed E-state index contributed by atoms with van der Waals surface area (Å²) in [4.78, 5) is 40.9. The number of aryl methyl sites for hydroxylation is 1. The van der Waals surface area contributed by atoms with E-state index in [1.807, 2.05) is 11.8 Å². The summed E-state index contributed by atoms with van der Waals surface area (Å²) in [7, 11) is 0. The van der Waals surface area contributed by atoms with E-state index >= 15 is 0 Å². The number of pyridine rings is 1. The first-order valence-electron chi connectivity index (χ1n) is 14.4. The molecule has 36 heavy (non-hydrogen) atoms. The Bertz CT molecular complexity index is 1120. The van der Waals surface area contributed by atoms with E-state index in [1.165, 1.54) is 44.9 Å². The summed E-state index contributed by atoms with van der Waals surface area (Å²) in [6.07, 6.45) is 16.7. The van der Waals surface area contributed by atoms with E-state index in [-0.39, 0.29) is 17.2 Å². The number of carbonyl (C=O) groups is 2. The zero-order valence-electron chi connectivity index (χ0n) is 21.8. The molecule has 0 radical (unpaired) electrons. The first-order valence-corrected chi connectivity index (χ1v) is 14.4. The molecule has 1 N–H and O–H groups in total. The number of amides is 2. The summed E-state index contributed by atoms with van der Waals surface area (Å²) < 4.78 is 2.22. The van der Waals surface area contributed by atoms with Gasteiger partial charge in [-0.15, -0.1) is 0 Å². The van der Waals surface area contributed by atoms with Crippen molar-refractivity contribution >= 4 is 11.8 Å². The number of nitrogens with zero attached hydrogens (tertiary/aromatic N) is 2. The van der Waals surface area contributed by atoms with Gasteiger partial charge in [-0.05, 0) is 74.5 Å². The minimum atomic E-state index is -0.187. The molecule has 3 atom stereocenters. The van der Waals surface area contributed by atoms with Crippen LogP contribution in [0.15, 0.2) is 23.0 Å². The number of rotatable bonds is 9. The number of nitrogens with one attached hydrogen (secondary N) is 1. The zero-order valence-corrected chi connectivity index (χ0v) is 21.8. The molecule has 5 aliphatic rings. The molecule has 2 amide bonds. The summed E-state index contributed by atoms with van der Waals surface area (Å²) in [6, 6.07) is 1.65. The van der Waals surface area contributed by atoms with Crippen molar-refractivity contribution in [2.24, 2.45) is 29.1 Å². The summed E-state index contributed by atoms with van der Waals surface area (Å²) >= 11 is 0. The van der Waals surface area contributed by atoms with E-state index in [1.54, 1.807) is 6.07 Å². The van der Waals surface area contributed by atoms with Crippen LogP contribution in [-0.2, 0) is 17.8 Å². The summed E-state index contributed by atoms with van der Waals surface area (Å²) in [5.74, 6) is 2.39. The first kappa shape index (κ1) is 24.0. The second-order valence-electron chi connectivity index (χ2n) is 12.3. The smallest absolute Gasteiger partial charge is 0.257 e. The van der Waals surface area contributed by atoms with Crippen molar-refractivity contribution < 1.29 is 9.59 Å². The van der Waals surface area contributed by atoms with Gasteiger partial charge in [-0.1, -0.05) is 37.8 Å². The van der Waals surface area contributed by atoms with Gasteiger partial charge in [0.2, 0.25) is 5.91 Å². The van der Waals surface area contributed by atoms with Gasteiger partial charge in [0, 0.05) is 50.1 Å². The molecule has 1 aromatic heterocycles. The van der Waals surface area contributed by atoms with E-state index in [2.05, 4.69) is 22.0 Å². The summed E-state index contributed by atoms with van der Waals surface area (Å²) in [5.41, 5.74) is 2.57. The molecular formula is C30H41N3O3. The van der Waals surface area contributed by atoms with Crippen LogP contribution in [0, 0.1) is 36.0 Å². The van der Waals surface area contributed by atoms with Crippen LogP contribution in [0.2, 0.25) is 0 Å². The second-order valence-corrected chi connectivity index (χ2v) is 12.3. The minimum absolute atomic E-state index is 0.143. The summed E-state index contributed by atoms with van der Waals surface area (Å²) in [5, 5.41) is 3.21. The van der Waals surface area contributed by atoms with Gasteiger partial charge in [0.15, 0.2) is 5.43 Å². The number of aromatic nitrogens is 1. The lowest BCUT2D eigenvalue weighted by atomic mass is 9.89. The molecule has 1 spiro atoms. The van der Waals surface area contributed by atoms with Crippen LogP contribution in [0.3, 0.4) is 0 Å². The van der Waals surface area contributed by atoms with Gasteiger partial charge >= 0.3 is 0 Å². The highest BCUT2D eigenvalue weighted by molar-refractivity contribution is 5.95. The van der Waals surface area contributed by atoms with Crippen molar-refractivity contribution in [2.75, 3.05) is 19.6 Å². The lowest BCUT2D eigenvalue weighted by Crippen LogP contribution is -2.37. The number of carbonyl (C=O) groups excluding carboxylic acids is 2. The Kier molecular flexibility index (Phi) is 6.33. The van der Waals surface area contributed by atoms with Gasteiger partial charge in [0.05, 0.1) is 0 Å². The monoisotopic (exact) mass is 491 g/mol. The van der Waals surface area contributed by atoms with Crippen molar-refractivity contribution in [2.45, 2.75) is 84.1 Å². The SMILES string of the molecule is Cc1cc(=O)c(C(=O)NC[C@@H]2C[C@@H]3C=C[C@@H]2C32CC2)c(CC2CCCC2)n1CCCN1CCCC1=O. The lowest BCUT2D eigenvalue weighted by Gasteiger charge is -2.24. The molecule has 2 bridgehead atoms. The van der Waals surface area contributed by atoms with Crippen LogP contribution in [0.5, 0.6) is 0 Å². The fourth-order valence-corrected chi connectivity index (χ4v) is 8.11. The van der Waals surface area contributed by atoms with Crippen molar-refractivity contribution in [3.63, 3.8) is 0 Å². The van der Waals surface area contributed by atoms with E-state index < -0.39 is 0 Å². The molecule has 4 fully saturated rings. The number of hydrogen-bond donors (Lipinski definition) is 1. The molecule has 0 unspecified atom stereocenters. The van der Waals surface area contributed by atoms with Crippen molar-refractivity contribution in [3.8, 4) is 0 Å². The Hall–Kier alpha value is -2.37. The average molecular weight is 492 g/mol. The van der Waals surface area contributed by atoms with Crippen LogP contribution in [0.25, 0.3) is 0 Å². The molecule has 6 nitrogen and oxygen atoms in total. The molecule has 1 saturated heterocycles. The van der Waals surface area contributed by atoms with Gasteiger partial charge in [0.1, 0.15) is 5.56 Å². The Balaban J connectivity index is 1.21. The maximum absolute atomic E-state index is 13.6. The predicted octanol–water partition coefficient (Wildman–Crippen LogP) is 4.23. The number of likely N-dealkylation sites (tertiary alicyclic amines) is 1. The van der Waals surface area contributed by atoms with Gasteiger partial charge in [0.25, 0.3) is 5.91 Å². The normalized spacial score (nSPS) is 28.1. The fourth-order valence-electron chi connectivity index (χ4n) is 8.11. The molecule has 3 saturated carbocycles. The Morgan fingerprint density at radius 1 is 1.11 bits per heavy atom. The topological polar surface area (TPSA) is 71.4 Å². The fraction of sp³-hybridized carbons (Fsp3) is 0.700. The Morgan fingerprint density at radius 2 is 1.92 bits per heavy atom. The maximum atomic E-state index is 13.6. The van der Waals surface area contributed by atoms with Gasteiger partial charge in [-0.2, -0.15) is 0 Å². The van der Waals surface area contributed by atoms with Crippen molar-refractivity contribution in [1.29, 1.82) is 0 Å². The third-order valence-electron chi connectivity index (χ3n) is 10.2. The van der Waals surface area contributed by atoms with Gasteiger partial charge in [-0.25, -0.2) is 0 Å². The largest absolute Gasteiger partial charge is 0.352 e. The zero-order chi connectivity index (χ0) is 24.9. The number of hydrogen-bond acceptors (Lipinski definition) is 3. The van der Waals surface area contributed by atoms with Crippen LogP contribution in [0.1, 0.15) is 86.0 Å². The third kappa shape index (κ3) is 4.24. The van der Waals surface area contributed by atoms with Crippen LogP contribution < -0.4 is 10.7 Å². The molecule has 1 aromatic rings. The third-order valence-corrected chi connectivity index (χ3v) is 10.2. The standard InChI is InChI=1S/C30H41N3O3/c1-20-16-26(34)28(29(36)31-19-22-18-23-9-10-24(22)30(23)11-12-30)25(17-21-6-2-3-7-21)33(20)15-5-14-32-13-4-8-27(32)35/h9-10,16,21-24H,2-8,11-15,17-19H2,1H3,(H,31,36)/t22-,23-,24-/m0/s1. The molecule has 4 aliphatic carbocycles. The number of allylic oxidation sites excluding steroid dienone is 2. The molecular weight excluding hydrogens is 450 g/mol. The first-order chi connectivity index (χ1) is 17.5. The van der Waals surface area contributed by atoms with E-state index in [0.717, 1.165) is 50.3 Å². The highest BCUT2D eigenvalue weighted by atomic mass is 16.2. The quantitative estimate of drug-likeness (QED) is 0.526. The predicted molar refractivity (Wildman–Crippen MR) is 140 cm³/mol. The lowest BCUT2D eigenvalue weighted by molar-refractivity contribution is -0.127. The van der Waals surface area contributed by atoms with E-state index in [4.69, 9.17) is 0 Å².